The Morgan fingerprint density at radius 1 is 1.75 bits per heavy atom. The van der Waals surface area contributed by atoms with Crippen molar-refractivity contribution >= 4 is 6.16 Å². The molecule has 1 saturated heterocycles. The lowest BCUT2D eigenvalue weighted by Gasteiger charge is -2.21. The first kappa shape index (κ1) is 4.94. The van der Waals surface area contributed by atoms with Gasteiger partial charge in [-0.25, -0.2) is 4.79 Å². The Labute approximate surface area is 46.2 Å². The first-order valence-corrected chi connectivity index (χ1v) is 2.06. The molecular weight excluding hydrogens is 108 g/mol. The van der Waals surface area contributed by atoms with Gasteiger partial charge in [0, 0.05) is 6.08 Å². The molecule has 0 unspecified atom stereocenters. The molecule has 0 bridgehead atoms. The second-order valence-corrected chi connectivity index (χ2v) is 1.22. The van der Waals surface area contributed by atoms with Gasteiger partial charge in [0.15, 0.2) is 0 Å². The molecule has 0 N–H and O–H groups in total. The zero-order chi connectivity index (χ0) is 5.98. The quantitative estimate of drug-likeness (QED) is 0.372. The number of rotatable bonds is 1. The minimum absolute atomic E-state index is 0.542. The summed E-state index contributed by atoms with van der Waals surface area (Å²) in [6, 6.07) is 0. The molecule has 1 aliphatic heterocycles. The highest BCUT2D eigenvalue weighted by Gasteiger charge is 2.26. The van der Waals surface area contributed by atoms with Crippen molar-refractivity contribution in [1.29, 1.82) is 0 Å². The average molecular weight is 112 g/mol. The van der Waals surface area contributed by atoms with Gasteiger partial charge in [-0.05, 0) is 0 Å². The first-order valence-electron chi connectivity index (χ1n) is 2.06. The van der Waals surface area contributed by atoms with E-state index < -0.39 is 12.4 Å². The molecule has 0 aromatic carbocycles. The highest BCUT2D eigenvalue weighted by Crippen LogP contribution is 2.09. The van der Waals surface area contributed by atoms with Crippen LogP contribution in [0.2, 0.25) is 0 Å². The molecule has 0 aliphatic carbocycles. The third kappa shape index (κ3) is 0.718. The summed E-state index contributed by atoms with van der Waals surface area (Å²) in [7, 11) is 0. The number of hydrogen-bond donors (Lipinski definition) is 0. The summed E-state index contributed by atoms with van der Waals surface area (Å²) in [4.78, 5) is 9.87. The van der Waals surface area contributed by atoms with Gasteiger partial charge in [-0.1, -0.05) is 6.58 Å². The maximum Gasteiger partial charge on any atom is 0.515 e. The van der Waals surface area contributed by atoms with Crippen LogP contribution in [0.1, 0.15) is 0 Å². The molecule has 0 atom stereocenters. The average Bonchev–Trinajstić information content (AvgIpc) is 1.64. The summed E-state index contributed by atoms with van der Waals surface area (Å²) in [6.45, 7) is 3.26. The maximum absolute atomic E-state index is 9.87. The zero-order valence-corrected chi connectivity index (χ0v) is 4.09. The van der Waals surface area contributed by atoms with E-state index in [-0.39, 0.29) is 0 Å². The Morgan fingerprint density at radius 3 is 2.75 bits per heavy atom. The number of cyclic esters (lactones) is 2. The third-order valence-electron chi connectivity index (χ3n) is 0.679. The molecule has 0 saturated carbocycles. The fourth-order valence-electron chi connectivity index (χ4n) is 0.363. The molecule has 3 heteroatoms. The Hall–Kier alpha value is -1.21. The molecule has 1 fully saturated rings. The molecule has 0 amide bonds. The van der Waals surface area contributed by atoms with Crippen LogP contribution in [0, 0.1) is 0 Å². The largest absolute Gasteiger partial charge is 0.515 e. The monoisotopic (exact) mass is 112 g/mol. The van der Waals surface area contributed by atoms with Crippen molar-refractivity contribution < 1.29 is 14.3 Å². The molecule has 1 aliphatic rings. The highest BCUT2D eigenvalue weighted by atomic mass is 16.9. The lowest BCUT2D eigenvalue weighted by molar-refractivity contribution is -0.153. The van der Waals surface area contributed by atoms with E-state index >= 15 is 0 Å². The SMILES string of the molecule is C=C=CC1OC(=O)O1. The van der Waals surface area contributed by atoms with E-state index in [0.717, 1.165) is 0 Å². The molecule has 8 heavy (non-hydrogen) atoms. The van der Waals surface area contributed by atoms with Gasteiger partial charge in [-0.15, -0.1) is 5.73 Å². The molecule has 1 rings (SSSR count). The van der Waals surface area contributed by atoms with E-state index in [1.807, 2.05) is 0 Å². The van der Waals surface area contributed by atoms with Gasteiger partial charge in [0.05, 0.1) is 0 Å². The van der Waals surface area contributed by atoms with E-state index in [9.17, 15) is 4.79 Å². The molecular formula is C5H4O3. The Kier molecular flexibility index (Phi) is 1.06. The van der Waals surface area contributed by atoms with Gasteiger partial charge in [-0.3, -0.25) is 0 Å². The summed E-state index contributed by atoms with van der Waals surface area (Å²) in [5.74, 6) is 0. The highest BCUT2D eigenvalue weighted by molar-refractivity contribution is 5.64. The minimum Gasteiger partial charge on any atom is -0.389 e. The van der Waals surface area contributed by atoms with Gasteiger partial charge in [-0.2, -0.15) is 0 Å². The van der Waals surface area contributed by atoms with Crippen LogP contribution in [0.25, 0.3) is 0 Å². The molecule has 0 radical (unpaired) electrons. The van der Waals surface area contributed by atoms with E-state index in [1.165, 1.54) is 6.08 Å². The van der Waals surface area contributed by atoms with E-state index in [1.54, 1.807) is 0 Å². The predicted octanol–water partition coefficient (Wildman–Crippen LogP) is 0.820. The summed E-state index contributed by atoms with van der Waals surface area (Å²) < 4.78 is 8.72. The number of hydrogen-bond acceptors (Lipinski definition) is 3. The van der Waals surface area contributed by atoms with Gasteiger partial charge >= 0.3 is 6.16 Å². The summed E-state index contributed by atoms with van der Waals surface area (Å²) >= 11 is 0. The predicted molar refractivity (Wildman–Crippen MR) is 25.1 cm³/mol. The van der Waals surface area contributed by atoms with Crippen molar-refractivity contribution in [2.24, 2.45) is 0 Å². The van der Waals surface area contributed by atoms with Crippen LogP contribution in [-0.4, -0.2) is 12.4 Å². The smallest absolute Gasteiger partial charge is 0.389 e. The molecule has 0 aromatic rings. The summed E-state index contributed by atoms with van der Waals surface area (Å²) in [5, 5.41) is 0. The topological polar surface area (TPSA) is 35.5 Å². The van der Waals surface area contributed by atoms with Crippen LogP contribution >= 0.6 is 0 Å². The Morgan fingerprint density at radius 2 is 2.38 bits per heavy atom. The zero-order valence-electron chi connectivity index (χ0n) is 4.09. The van der Waals surface area contributed by atoms with Gasteiger partial charge in [0.1, 0.15) is 0 Å². The standard InChI is InChI=1S/C5H4O3/c1-2-3-4-7-5(6)8-4/h3-4H,1H2. The van der Waals surface area contributed by atoms with Crippen LogP contribution in [0.5, 0.6) is 0 Å². The number of carbonyl (C=O) groups is 1. The van der Waals surface area contributed by atoms with E-state index in [4.69, 9.17) is 0 Å². The fraction of sp³-hybridized carbons (Fsp3) is 0.200. The first-order chi connectivity index (χ1) is 3.83. The van der Waals surface area contributed by atoms with E-state index in [0.29, 0.717) is 0 Å². The van der Waals surface area contributed by atoms with Crippen LogP contribution in [-0.2, 0) is 9.47 Å². The molecule has 3 nitrogen and oxygen atoms in total. The fourth-order valence-corrected chi connectivity index (χ4v) is 0.363. The third-order valence-corrected chi connectivity index (χ3v) is 0.679. The lowest BCUT2D eigenvalue weighted by atomic mass is 10.5. The Bertz CT molecular complexity index is 147. The van der Waals surface area contributed by atoms with Crippen LogP contribution in [0.15, 0.2) is 18.4 Å². The molecule has 42 valence electrons. The van der Waals surface area contributed by atoms with Gasteiger partial charge in [0.25, 0.3) is 6.29 Å². The summed E-state index contributed by atoms with van der Waals surface area (Å²) in [6.07, 6.45) is 0.239. The molecule has 0 aromatic heterocycles. The van der Waals surface area contributed by atoms with E-state index in [2.05, 4.69) is 21.8 Å². The van der Waals surface area contributed by atoms with Gasteiger partial charge in [0.2, 0.25) is 0 Å². The van der Waals surface area contributed by atoms with Crippen molar-refractivity contribution in [3.8, 4) is 0 Å². The van der Waals surface area contributed by atoms with Crippen molar-refractivity contribution in [1.82, 2.24) is 0 Å². The lowest BCUT2D eigenvalue weighted by Crippen LogP contribution is -2.33. The number of carbonyl (C=O) groups excluding carboxylic acids is 1. The minimum atomic E-state index is -0.638. The second-order valence-electron chi connectivity index (χ2n) is 1.22. The number of ether oxygens (including phenoxy) is 2. The van der Waals surface area contributed by atoms with Crippen LogP contribution in [0.3, 0.4) is 0 Å². The Balaban J connectivity index is 2.35. The molecule has 0 spiro atoms. The second kappa shape index (κ2) is 1.72. The van der Waals surface area contributed by atoms with Gasteiger partial charge < -0.3 is 9.47 Å². The van der Waals surface area contributed by atoms with Crippen LogP contribution < -0.4 is 0 Å². The maximum atomic E-state index is 9.87. The summed E-state index contributed by atoms with van der Waals surface area (Å²) in [5.41, 5.74) is 2.41. The normalized spacial score (nSPS) is 17.2. The van der Waals surface area contributed by atoms with Crippen molar-refractivity contribution in [3.63, 3.8) is 0 Å². The molecule has 1 heterocycles. The van der Waals surface area contributed by atoms with Crippen LogP contribution in [0.4, 0.5) is 4.79 Å². The van der Waals surface area contributed by atoms with Crippen molar-refractivity contribution in [2.45, 2.75) is 6.29 Å². The van der Waals surface area contributed by atoms with Crippen molar-refractivity contribution in [2.75, 3.05) is 0 Å². The van der Waals surface area contributed by atoms with Crippen molar-refractivity contribution in [3.05, 3.63) is 18.4 Å².